The molecule has 0 saturated carbocycles. The highest BCUT2D eigenvalue weighted by Crippen LogP contribution is 2.20. The van der Waals surface area contributed by atoms with E-state index in [-0.39, 0.29) is 11.5 Å². The van der Waals surface area contributed by atoms with Crippen LogP contribution in [0.1, 0.15) is 44.6 Å². The van der Waals surface area contributed by atoms with Crippen molar-refractivity contribution < 1.29 is 18.7 Å². The van der Waals surface area contributed by atoms with E-state index in [0.29, 0.717) is 12.2 Å². The molecule has 0 aliphatic heterocycles. The monoisotopic (exact) mass is 407 g/mol. The minimum Gasteiger partial charge on any atom is -0.462 e. The molecule has 7 heteroatoms. The van der Waals surface area contributed by atoms with Gasteiger partial charge in [0.2, 0.25) is 0 Å². The number of hydrogen-bond acceptors (Lipinski definition) is 4. The van der Waals surface area contributed by atoms with Crippen molar-refractivity contribution in [3.05, 3.63) is 88.5 Å². The average molecular weight is 407 g/mol. The van der Waals surface area contributed by atoms with Crippen LogP contribution in [0.3, 0.4) is 0 Å². The zero-order valence-corrected chi connectivity index (χ0v) is 17.0. The van der Waals surface area contributed by atoms with Crippen LogP contribution in [-0.2, 0) is 4.74 Å². The van der Waals surface area contributed by atoms with Crippen molar-refractivity contribution in [3.63, 3.8) is 0 Å². The molecule has 0 radical (unpaired) electrons. The number of hydrogen-bond donors (Lipinski definition) is 1. The molecular weight excluding hydrogens is 385 g/mol. The van der Waals surface area contributed by atoms with Crippen LogP contribution in [0.2, 0.25) is 0 Å². The second-order valence-electron chi connectivity index (χ2n) is 6.64. The van der Waals surface area contributed by atoms with Crippen molar-refractivity contribution >= 4 is 18.1 Å². The van der Waals surface area contributed by atoms with Gasteiger partial charge in [-0.25, -0.2) is 14.6 Å². The SMILES string of the molecule is CCOC(=O)c1ccc(-n2c(C)cc(/C=N\NC(=O)c3cccc(F)c3)c2C)cc1. The van der Waals surface area contributed by atoms with Crippen LogP contribution in [-0.4, -0.2) is 29.3 Å². The third kappa shape index (κ3) is 4.63. The van der Waals surface area contributed by atoms with Crippen LogP contribution in [0.15, 0.2) is 59.7 Å². The summed E-state index contributed by atoms with van der Waals surface area (Å²) in [5.41, 5.74) is 6.68. The minimum atomic E-state index is -0.492. The number of benzene rings is 2. The Bertz CT molecular complexity index is 1100. The minimum absolute atomic E-state index is 0.194. The molecule has 1 N–H and O–H groups in total. The van der Waals surface area contributed by atoms with Gasteiger partial charge in [-0.1, -0.05) is 6.07 Å². The molecule has 2 aromatic carbocycles. The Balaban J connectivity index is 1.76. The second kappa shape index (κ2) is 9.17. The Labute approximate surface area is 174 Å². The van der Waals surface area contributed by atoms with Crippen molar-refractivity contribution in [2.75, 3.05) is 6.61 Å². The van der Waals surface area contributed by atoms with E-state index < -0.39 is 11.7 Å². The number of carbonyl (C=O) groups is 2. The number of rotatable bonds is 6. The van der Waals surface area contributed by atoms with Crippen molar-refractivity contribution in [2.45, 2.75) is 20.8 Å². The largest absolute Gasteiger partial charge is 0.462 e. The van der Waals surface area contributed by atoms with Crippen molar-refractivity contribution in [2.24, 2.45) is 5.10 Å². The summed E-state index contributed by atoms with van der Waals surface area (Å²) in [5.74, 6) is -1.33. The fourth-order valence-electron chi connectivity index (χ4n) is 3.13. The van der Waals surface area contributed by atoms with Crippen LogP contribution in [0.4, 0.5) is 4.39 Å². The van der Waals surface area contributed by atoms with Gasteiger partial charge in [0, 0.05) is 28.2 Å². The lowest BCUT2D eigenvalue weighted by atomic mass is 10.2. The topological polar surface area (TPSA) is 72.7 Å². The first-order valence-electron chi connectivity index (χ1n) is 9.46. The standard InChI is InChI=1S/C23H22FN3O3/c1-4-30-23(29)17-8-10-21(11-9-17)27-15(2)12-19(16(27)3)14-25-26-22(28)18-6-5-7-20(24)13-18/h5-14H,4H2,1-3H3,(H,26,28)/b25-14-. The van der Waals surface area contributed by atoms with E-state index in [9.17, 15) is 14.0 Å². The Hall–Kier alpha value is -3.74. The molecule has 0 atom stereocenters. The highest BCUT2D eigenvalue weighted by molar-refractivity contribution is 5.95. The van der Waals surface area contributed by atoms with Crippen LogP contribution >= 0.6 is 0 Å². The number of ether oxygens (including phenoxy) is 1. The average Bonchev–Trinajstić information content (AvgIpc) is 3.01. The summed E-state index contributed by atoms with van der Waals surface area (Å²) in [6.07, 6.45) is 1.54. The van der Waals surface area contributed by atoms with Crippen LogP contribution in [0.25, 0.3) is 5.69 Å². The summed E-state index contributed by atoms with van der Waals surface area (Å²) < 4.78 is 20.3. The van der Waals surface area contributed by atoms with E-state index in [2.05, 4.69) is 10.5 Å². The zero-order valence-electron chi connectivity index (χ0n) is 17.0. The van der Waals surface area contributed by atoms with Gasteiger partial charge < -0.3 is 9.30 Å². The van der Waals surface area contributed by atoms with Gasteiger partial charge >= 0.3 is 5.97 Å². The lowest BCUT2D eigenvalue weighted by molar-refractivity contribution is 0.0526. The molecular formula is C23H22FN3O3. The summed E-state index contributed by atoms with van der Waals surface area (Å²) in [5, 5.41) is 3.99. The third-order valence-corrected chi connectivity index (χ3v) is 4.56. The van der Waals surface area contributed by atoms with Crippen molar-refractivity contribution in [1.82, 2.24) is 9.99 Å². The van der Waals surface area contributed by atoms with Gasteiger partial charge in [0.05, 0.1) is 18.4 Å². The van der Waals surface area contributed by atoms with Crippen molar-refractivity contribution in [3.8, 4) is 5.69 Å². The molecule has 1 aromatic heterocycles. The number of nitrogens with zero attached hydrogens (tertiary/aromatic N) is 2. The molecule has 0 saturated heterocycles. The molecule has 0 bridgehead atoms. The van der Waals surface area contributed by atoms with Gasteiger partial charge in [0.25, 0.3) is 5.91 Å². The predicted molar refractivity (Wildman–Crippen MR) is 113 cm³/mol. The Morgan fingerprint density at radius 1 is 1.10 bits per heavy atom. The summed E-state index contributed by atoms with van der Waals surface area (Å²) in [6, 6.07) is 14.5. The number of esters is 1. The maximum Gasteiger partial charge on any atom is 0.338 e. The highest BCUT2D eigenvalue weighted by Gasteiger charge is 2.12. The van der Waals surface area contributed by atoms with Gasteiger partial charge in [0.15, 0.2) is 0 Å². The molecule has 0 aliphatic carbocycles. The maximum absolute atomic E-state index is 13.2. The molecule has 154 valence electrons. The molecule has 0 spiro atoms. The van der Waals surface area contributed by atoms with E-state index in [1.165, 1.54) is 18.2 Å². The third-order valence-electron chi connectivity index (χ3n) is 4.56. The van der Waals surface area contributed by atoms with Gasteiger partial charge in [0.1, 0.15) is 5.82 Å². The molecule has 0 fully saturated rings. The number of amides is 1. The van der Waals surface area contributed by atoms with E-state index in [4.69, 9.17) is 4.74 Å². The molecule has 6 nitrogen and oxygen atoms in total. The normalized spacial score (nSPS) is 10.9. The first kappa shape index (κ1) is 21.0. The van der Waals surface area contributed by atoms with Crippen LogP contribution in [0.5, 0.6) is 0 Å². The Morgan fingerprint density at radius 3 is 2.50 bits per heavy atom. The smallest absolute Gasteiger partial charge is 0.338 e. The second-order valence-corrected chi connectivity index (χ2v) is 6.64. The highest BCUT2D eigenvalue weighted by atomic mass is 19.1. The molecule has 30 heavy (non-hydrogen) atoms. The zero-order chi connectivity index (χ0) is 21.7. The molecule has 3 rings (SSSR count). The fraction of sp³-hybridized carbons (Fsp3) is 0.174. The maximum atomic E-state index is 13.2. The van der Waals surface area contributed by atoms with Crippen LogP contribution < -0.4 is 5.43 Å². The van der Waals surface area contributed by atoms with Gasteiger partial charge in [-0.05, 0) is 69.3 Å². The number of aromatic nitrogens is 1. The van der Waals surface area contributed by atoms with Crippen LogP contribution in [0, 0.1) is 19.7 Å². The lowest BCUT2D eigenvalue weighted by Gasteiger charge is -2.10. The van der Waals surface area contributed by atoms with E-state index in [0.717, 1.165) is 28.7 Å². The predicted octanol–water partition coefficient (Wildman–Crippen LogP) is 4.17. The van der Waals surface area contributed by atoms with Gasteiger partial charge in [-0.2, -0.15) is 5.10 Å². The van der Waals surface area contributed by atoms with Gasteiger partial charge in [-0.3, -0.25) is 4.79 Å². The molecule has 3 aromatic rings. The fourth-order valence-corrected chi connectivity index (χ4v) is 3.13. The Morgan fingerprint density at radius 2 is 1.83 bits per heavy atom. The number of halogens is 1. The summed E-state index contributed by atoms with van der Waals surface area (Å²) >= 11 is 0. The number of carbonyl (C=O) groups excluding carboxylic acids is 2. The van der Waals surface area contributed by atoms with Crippen molar-refractivity contribution in [1.29, 1.82) is 0 Å². The number of aryl methyl sites for hydroxylation is 1. The molecule has 0 aliphatic rings. The quantitative estimate of drug-likeness (QED) is 0.379. The van der Waals surface area contributed by atoms with E-state index >= 15 is 0 Å². The molecule has 1 heterocycles. The molecule has 1 amide bonds. The first-order valence-corrected chi connectivity index (χ1v) is 9.46. The lowest BCUT2D eigenvalue weighted by Crippen LogP contribution is -2.17. The summed E-state index contributed by atoms with van der Waals surface area (Å²) in [4.78, 5) is 23.9. The number of hydrazone groups is 1. The van der Waals surface area contributed by atoms with E-state index in [1.54, 1.807) is 25.3 Å². The van der Waals surface area contributed by atoms with E-state index in [1.807, 2.05) is 36.6 Å². The summed E-state index contributed by atoms with van der Waals surface area (Å²) in [7, 11) is 0. The summed E-state index contributed by atoms with van der Waals surface area (Å²) in [6.45, 7) is 5.98. The number of nitrogens with one attached hydrogen (secondary N) is 1. The van der Waals surface area contributed by atoms with Gasteiger partial charge in [-0.15, -0.1) is 0 Å². The molecule has 0 unspecified atom stereocenters. The first-order chi connectivity index (χ1) is 14.4. The Kier molecular flexibility index (Phi) is 6.41.